The van der Waals surface area contributed by atoms with Crippen LogP contribution in [0, 0.1) is 5.92 Å². The zero-order valence-corrected chi connectivity index (χ0v) is 26.5. The monoisotopic (exact) mass is 682 g/mol. The van der Waals surface area contributed by atoms with Gasteiger partial charge in [0, 0.05) is 55.7 Å². The molecule has 1 saturated carbocycles. The summed E-state index contributed by atoms with van der Waals surface area (Å²) in [5.74, 6) is -5.33. The fourth-order valence-electron chi connectivity index (χ4n) is 7.37. The molecule has 2 bridgehead atoms. The molecule has 49 heavy (non-hydrogen) atoms. The summed E-state index contributed by atoms with van der Waals surface area (Å²) >= 11 is 0. The van der Waals surface area contributed by atoms with Gasteiger partial charge in [-0.1, -0.05) is 12.5 Å². The highest BCUT2D eigenvalue weighted by Crippen LogP contribution is 2.51. The van der Waals surface area contributed by atoms with E-state index in [-0.39, 0.29) is 29.6 Å². The summed E-state index contributed by atoms with van der Waals surface area (Å²) in [6.07, 6.45) is -1.18. The van der Waals surface area contributed by atoms with Crippen LogP contribution >= 0.6 is 0 Å². The van der Waals surface area contributed by atoms with Crippen molar-refractivity contribution in [2.24, 2.45) is 5.92 Å². The van der Waals surface area contributed by atoms with Crippen molar-refractivity contribution in [1.82, 2.24) is 10.6 Å². The Labute approximate surface area is 279 Å². The number of aliphatic hydroxyl groups excluding tert-OH is 1. The molecule has 15 nitrogen and oxygen atoms in total. The molecule has 8 N–H and O–H groups in total. The molecule has 7 unspecified atom stereocenters. The first-order chi connectivity index (χ1) is 23.4. The smallest absolute Gasteiger partial charge is 0.336 e. The van der Waals surface area contributed by atoms with Gasteiger partial charge in [-0.15, -0.1) is 0 Å². The molecule has 0 amide bonds. The summed E-state index contributed by atoms with van der Waals surface area (Å²) in [6, 6.07) is 8.53. The van der Waals surface area contributed by atoms with Crippen LogP contribution in [0.25, 0.3) is 22.3 Å². The molecular formula is C34H38N2O13. The van der Waals surface area contributed by atoms with E-state index in [2.05, 4.69) is 10.6 Å². The quantitative estimate of drug-likeness (QED) is 0.122. The van der Waals surface area contributed by atoms with Gasteiger partial charge in [-0.05, 0) is 43.2 Å². The van der Waals surface area contributed by atoms with E-state index in [1.165, 1.54) is 31.4 Å². The van der Waals surface area contributed by atoms with E-state index < -0.39 is 76.1 Å². The van der Waals surface area contributed by atoms with Gasteiger partial charge in [0.05, 0.1) is 7.11 Å². The maximum atomic E-state index is 13.5. The van der Waals surface area contributed by atoms with Crippen molar-refractivity contribution >= 4 is 16.9 Å². The number of aliphatic hydroxyl groups is 4. The van der Waals surface area contributed by atoms with Crippen LogP contribution in [-0.2, 0) is 9.53 Å². The fraction of sp³-hybridized carbons (Fsp3) is 0.471. The largest absolute Gasteiger partial charge is 0.504 e. The van der Waals surface area contributed by atoms with E-state index in [1.54, 1.807) is 24.3 Å². The first-order valence-corrected chi connectivity index (χ1v) is 16.1. The number of ether oxygens (including phenoxy) is 4. The Morgan fingerprint density at radius 3 is 2.45 bits per heavy atom. The molecule has 2 saturated heterocycles. The highest BCUT2D eigenvalue weighted by Gasteiger charge is 2.70. The summed E-state index contributed by atoms with van der Waals surface area (Å²) in [5, 5.41) is 74.1. The third-order valence-corrected chi connectivity index (χ3v) is 10.00. The number of carbonyl (C=O) groups is 1. The molecule has 0 radical (unpaired) electrons. The predicted octanol–water partition coefficient (Wildman–Crippen LogP) is 0.922. The van der Waals surface area contributed by atoms with E-state index in [1.807, 2.05) is 0 Å². The van der Waals surface area contributed by atoms with Crippen LogP contribution in [0.2, 0.25) is 0 Å². The van der Waals surface area contributed by atoms with Gasteiger partial charge in [0.2, 0.25) is 17.8 Å². The van der Waals surface area contributed by atoms with E-state index in [0.717, 1.165) is 6.42 Å². The summed E-state index contributed by atoms with van der Waals surface area (Å²) in [5.41, 5.74) is -5.34. The number of aromatic hydroxyl groups is 1. The zero-order valence-electron chi connectivity index (χ0n) is 26.5. The van der Waals surface area contributed by atoms with Crippen LogP contribution < -0.4 is 30.3 Å². The van der Waals surface area contributed by atoms with Gasteiger partial charge in [-0.25, -0.2) is 4.79 Å². The van der Waals surface area contributed by atoms with Crippen molar-refractivity contribution in [1.29, 1.82) is 0 Å². The van der Waals surface area contributed by atoms with Crippen LogP contribution in [0.3, 0.4) is 0 Å². The van der Waals surface area contributed by atoms with E-state index in [4.69, 9.17) is 23.4 Å². The van der Waals surface area contributed by atoms with Gasteiger partial charge in [-0.2, -0.15) is 0 Å². The van der Waals surface area contributed by atoms with Gasteiger partial charge in [0.25, 0.3) is 0 Å². The van der Waals surface area contributed by atoms with Crippen LogP contribution in [-0.4, -0.2) is 98.5 Å². The number of hydrogen-bond donors (Lipinski definition) is 8. The van der Waals surface area contributed by atoms with Crippen molar-refractivity contribution in [3.63, 3.8) is 0 Å². The van der Waals surface area contributed by atoms with Crippen LogP contribution in [0.15, 0.2) is 57.8 Å². The van der Waals surface area contributed by atoms with Gasteiger partial charge in [0.15, 0.2) is 28.6 Å². The van der Waals surface area contributed by atoms with Crippen molar-refractivity contribution in [2.75, 3.05) is 20.3 Å². The number of nitrogens with one attached hydrogen (secondary N) is 2. The fourth-order valence-corrected chi connectivity index (χ4v) is 7.37. The highest BCUT2D eigenvalue weighted by atomic mass is 16.7. The number of aliphatic carboxylic acids is 1. The number of rotatable bonds is 8. The molecule has 1 aromatic heterocycles. The lowest BCUT2D eigenvalue weighted by molar-refractivity contribution is -0.342. The molecule has 15 heteroatoms. The maximum absolute atomic E-state index is 13.5. The van der Waals surface area contributed by atoms with Crippen LogP contribution in [0.5, 0.6) is 23.0 Å². The van der Waals surface area contributed by atoms with Crippen LogP contribution in [0.1, 0.15) is 32.1 Å². The Morgan fingerprint density at radius 1 is 1.06 bits per heavy atom. The second-order valence-electron chi connectivity index (χ2n) is 13.0. The predicted molar refractivity (Wildman–Crippen MR) is 170 cm³/mol. The van der Waals surface area contributed by atoms with Gasteiger partial charge in [-0.3, -0.25) is 10.1 Å². The van der Waals surface area contributed by atoms with E-state index in [9.17, 15) is 40.2 Å². The number of phenolic OH excluding ortho intramolecular Hbond substituents is 1. The Bertz CT molecular complexity index is 1830. The number of carboxylic acid groups (broad SMARTS) is 1. The molecule has 4 aliphatic rings. The zero-order chi connectivity index (χ0) is 34.7. The third-order valence-electron chi connectivity index (χ3n) is 10.00. The molecule has 2 aliphatic carbocycles. The lowest BCUT2D eigenvalue weighted by atomic mass is 9.63. The average molecular weight is 683 g/mol. The minimum atomic E-state index is -2.52. The number of phenols is 1. The number of benzene rings is 2. The first kappa shape index (κ1) is 33.3. The maximum Gasteiger partial charge on any atom is 0.336 e. The molecular weight excluding hydrogens is 644 g/mol. The summed E-state index contributed by atoms with van der Waals surface area (Å²) in [6.45, 7) is 0.727. The average Bonchev–Trinajstić information content (AvgIpc) is 3.61. The molecule has 3 heterocycles. The van der Waals surface area contributed by atoms with Gasteiger partial charge < -0.3 is 59.3 Å². The Balaban J connectivity index is 1.35. The molecule has 0 spiro atoms. The normalized spacial score (nSPS) is 32.1. The summed E-state index contributed by atoms with van der Waals surface area (Å²) < 4.78 is 29.0. The van der Waals surface area contributed by atoms with Crippen molar-refractivity contribution < 1.29 is 58.8 Å². The molecule has 3 fully saturated rings. The first-order valence-electron chi connectivity index (χ1n) is 16.1. The summed E-state index contributed by atoms with van der Waals surface area (Å²) in [4.78, 5) is 26.0. The molecule has 2 aliphatic heterocycles. The van der Waals surface area contributed by atoms with Crippen molar-refractivity contribution in [3.8, 4) is 34.3 Å². The minimum Gasteiger partial charge on any atom is -0.504 e. The van der Waals surface area contributed by atoms with Crippen molar-refractivity contribution in [2.45, 2.75) is 73.6 Å². The standard InChI is InChI=1S/C34H38N2O13/c1-45-18-7-5-17(6-8-18)22-13-21(37)25-23(46-22)14-24(27(26(25)38)49-32(42)10-3-2-4-11-32)47-31-33(43)12-9-19(20-15-35-16-36-20)34(44,30(33)41)28(48-31)29(39)40/h5-9,12-14,19-20,28,30-31,35-36,38,41-44H,2-4,10-11,15-16H2,1H3,(H,39,40). The van der Waals surface area contributed by atoms with Crippen LogP contribution in [0.4, 0.5) is 0 Å². The van der Waals surface area contributed by atoms with E-state index in [0.29, 0.717) is 37.4 Å². The topological polar surface area (TPSA) is 230 Å². The lowest BCUT2D eigenvalue weighted by Crippen LogP contribution is -2.79. The Kier molecular flexibility index (Phi) is 8.34. The third kappa shape index (κ3) is 5.51. The van der Waals surface area contributed by atoms with Gasteiger partial charge in [0.1, 0.15) is 34.2 Å². The molecule has 3 aromatic rings. The Morgan fingerprint density at radius 2 is 1.80 bits per heavy atom. The summed E-state index contributed by atoms with van der Waals surface area (Å²) in [7, 11) is 1.51. The molecule has 2 aromatic carbocycles. The molecule has 262 valence electrons. The second kappa shape index (κ2) is 12.3. The highest BCUT2D eigenvalue weighted by molar-refractivity contribution is 5.89. The molecule has 7 atom stereocenters. The number of hydrogen-bond acceptors (Lipinski definition) is 14. The van der Waals surface area contributed by atoms with E-state index >= 15 is 0 Å². The Hall–Kier alpha value is -4.22. The minimum absolute atomic E-state index is 0.125. The number of fused-ring (bicyclic) bond motifs is 3. The SMILES string of the molecule is COc1ccc(-c2cc(=O)c3c(O)c(OC4(O)CCCCC4)c(OC4OC(C(=O)O)C5(O)C(C6CNCN6)C=CC4(O)C5O)cc3o2)cc1. The van der Waals surface area contributed by atoms with Crippen molar-refractivity contribution in [3.05, 3.63) is 58.8 Å². The number of carboxylic acids is 1. The second-order valence-corrected chi connectivity index (χ2v) is 13.0. The lowest BCUT2D eigenvalue weighted by Gasteiger charge is -2.56. The molecule has 7 rings (SSSR count). The van der Waals surface area contributed by atoms with Gasteiger partial charge >= 0.3 is 5.97 Å². The number of methoxy groups -OCH3 is 1.